The predicted octanol–water partition coefficient (Wildman–Crippen LogP) is 8.26. The van der Waals surface area contributed by atoms with Gasteiger partial charge in [0.1, 0.15) is 19.4 Å². The van der Waals surface area contributed by atoms with E-state index in [1.165, 1.54) is 6.92 Å². The van der Waals surface area contributed by atoms with Crippen LogP contribution in [0, 0.1) is 31.6 Å². The standard InChI is InChI=1S/2C21H19NO3S.C4H7BO.C2H7N.C2H3N.2CH3NO2/c2*23-20(15-17-7-3-1-4-8-17)16-18-11-13-19(14-12-18)22-26(24,25)21-9-5-2-6-10-21;5-4-2-1-3-6-4;2*1-2-3;2*1-2(3)4/h2*1-14,22H,15-16H2;4H,1-3H2;2-3H2,1H3;1H3;2*1H3. The van der Waals surface area contributed by atoms with Gasteiger partial charge >= 0.3 is 0 Å². The highest BCUT2D eigenvalue weighted by Crippen LogP contribution is 2.19. The van der Waals surface area contributed by atoms with Crippen LogP contribution in [0.5, 0.6) is 0 Å². The second-order valence-electron chi connectivity index (χ2n) is 15.0. The van der Waals surface area contributed by atoms with Gasteiger partial charge in [-0.25, -0.2) is 16.8 Å². The van der Waals surface area contributed by atoms with Crippen molar-refractivity contribution in [2.45, 2.75) is 68.2 Å². The van der Waals surface area contributed by atoms with Gasteiger partial charge in [-0.2, -0.15) is 5.26 Å². The van der Waals surface area contributed by atoms with Gasteiger partial charge in [0.15, 0.2) is 14.1 Å². The Hall–Kier alpha value is -7.57. The summed E-state index contributed by atoms with van der Waals surface area (Å²) in [6, 6.07) is 51.2. The summed E-state index contributed by atoms with van der Waals surface area (Å²) < 4.78 is 59.2. The van der Waals surface area contributed by atoms with Crippen molar-refractivity contribution < 1.29 is 41.0 Å². The molecule has 0 spiro atoms. The number of hydrogen-bond acceptors (Lipinski definition) is 13. The molecule has 20 heteroatoms. The topological polar surface area (TPSA) is 272 Å². The Morgan fingerprint density at radius 3 is 1.08 bits per heavy atom. The number of benzene rings is 6. The third-order valence-electron chi connectivity index (χ3n) is 8.78. The summed E-state index contributed by atoms with van der Waals surface area (Å²) in [5, 5.41) is 24.9. The van der Waals surface area contributed by atoms with Gasteiger partial charge in [-0.05, 0) is 90.2 Å². The molecule has 1 fully saturated rings. The minimum atomic E-state index is -3.61. The van der Waals surface area contributed by atoms with Crippen LogP contribution in [0.15, 0.2) is 180 Å². The highest BCUT2D eigenvalue weighted by molar-refractivity contribution is 7.93. The van der Waals surface area contributed by atoms with E-state index >= 15 is 0 Å². The lowest BCUT2D eigenvalue weighted by Gasteiger charge is -2.09. The van der Waals surface area contributed by atoms with Crippen LogP contribution < -0.4 is 15.2 Å². The summed E-state index contributed by atoms with van der Waals surface area (Å²) in [5.41, 5.74) is 9.47. The van der Waals surface area contributed by atoms with Crippen molar-refractivity contribution in [3.63, 3.8) is 0 Å². The summed E-state index contributed by atoms with van der Waals surface area (Å²) in [6.45, 7) is 4.95. The molecule has 4 N–H and O–H groups in total. The van der Waals surface area contributed by atoms with Crippen molar-refractivity contribution in [2.75, 3.05) is 36.7 Å². The van der Waals surface area contributed by atoms with E-state index in [0.29, 0.717) is 37.1 Å². The molecule has 2 radical (unpaired) electrons. The number of nitrogens with one attached hydrogen (secondary N) is 2. The number of sulfonamides is 2. The molecule has 1 unspecified atom stereocenters. The van der Waals surface area contributed by atoms with Crippen molar-refractivity contribution in [1.82, 2.24) is 0 Å². The Labute approximate surface area is 424 Å². The Bertz CT molecular complexity index is 2560. The zero-order chi connectivity index (χ0) is 53.8. The van der Waals surface area contributed by atoms with E-state index < -0.39 is 29.9 Å². The van der Waals surface area contributed by atoms with Gasteiger partial charge in [-0.1, -0.05) is 128 Å². The average molecular weight is 1020 g/mol. The number of carbonyl (C=O) groups is 2. The molecular weight excluding hydrogens is 960 g/mol. The van der Waals surface area contributed by atoms with Crippen LogP contribution in [0.3, 0.4) is 0 Å². The van der Waals surface area contributed by atoms with Gasteiger partial charge in [-0.3, -0.25) is 39.3 Å². The fraction of sp³-hybridized carbons (Fsp3) is 0.250. The number of ketones is 2. The van der Waals surface area contributed by atoms with E-state index in [4.69, 9.17) is 43.8 Å². The molecule has 6 aromatic rings. The summed E-state index contributed by atoms with van der Waals surface area (Å²) >= 11 is 0. The SMILES string of the molecule is CC#N.CCN.C[N+](=O)[O-].C[N+](=O)[O-].O=C(Cc1ccccc1)Cc1ccc(NS(=O)(=O)c2ccccc2)cc1.O=C(Cc1ccccc1)Cc1ccc(NS(=O)(=O)c2ccccc2)cc1.[B]C1CCCO1. The third-order valence-corrected chi connectivity index (χ3v) is 11.6. The highest BCUT2D eigenvalue weighted by atomic mass is 32.2. The zero-order valence-electron chi connectivity index (χ0n) is 40.7. The number of nitrogens with zero attached hydrogens (tertiary/aromatic N) is 3. The van der Waals surface area contributed by atoms with Crippen molar-refractivity contribution in [3.05, 3.63) is 212 Å². The largest absolute Gasteiger partial charge is 0.388 e. The van der Waals surface area contributed by atoms with Crippen molar-refractivity contribution >= 4 is 50.8 Å². The van der Waals surface area contributed by atoms with Gasteiger partial charge in [0.05, 0.1) is 15.9 Å². The van der Waals surface area contributed by atoms with Crippen LogP contribution in [-0.2, 0) is 60.1 Å². The maximum atomic E-state index is 12.3. The monoisotopic (exact) mass is 1020 g/mol. The molecule has 6 aromatic carbocycles. The number of Topliss-reactive ketones (excluding diaryl/α,β-unsaturated/α-hetero) is 2. The Balaban J connectivity index is 0.000000524. The fourth-order valence-electron chi connectivity index (χ4n) is 5.84. The van der Waals surface area contributed by atoms with E-state index in [0.717, 1.165) is 62.3 Å². The number of anilines is 2. The number of nitriles is 1. The first-order valence-electron chi connectivity index (χ1n) is 22.2. The van der Waals surface area contributed by atoms with Crippen LogP contribution >= 0.6 is 0 Å². The molecule has 0 aromatic heterocycles. The first-order chi connectivity index (χ1) is 34.2. The number of ether oxygens (including phenoxy) is 1. The molecule has 1 atom stereocenters. The molecule has 1 aliphatic heterocycles. The number of carbonyl (C=O) groups excluding carboxylic acids is 2. The summed E-state index contributed by atoms with van der Waals surface area (Å²) in [6.07, 6.45) is 3.61. The molecule has 1 saturated heterocycles. The quantitative estimate of drug-likeness (QED) is 0.0527. The number of nitrogens with two attached hydrogens (primary N) is 1. The Morgan fingerprint density at radius 2 is 0.861 bits per heavy atom. The average Bonchev–Trinajstić information content (AvgIpc) is 3.83. The van der Waals surface area contributed by atoms with Crippen LogP contribution in [0.25, 0.3) is 0 Å². The minimum absolute atomic E-state index is 0.0463. The molecular formula is C52H61BN6O11S2. The van der Waals surface area contributed by atoms with Crippen LogP contribution in [0.2, 0.25) is 0 Å². The molecule has 0 amide bonds. The van der Waals surface area contributed by atoms with Crippen molar-refractivity contribution in [2.24, 2.45) is 5.73 Å². The maximum absolute atomic E-state index is 12.3. The van der Waals surface area contributed by atoms with Crippen LogP contribution in [0.1, 0.15) is 48.9 Å². The summed E-state index contributed by atoms with van der Waals surface area (Å²) in [5.74, 6) is 0.239. The lowest BCUT2D eigenvalue weighted by Crippen LogP contribution is -2.13. The lowest BCUT2D eigenvalue weighted by molar-refractivity contribution is -0.445. The van der Waals surface area contributed by atoms with E-state index in [9.17, 15) is 26.4 Å². The molecule has 17 nitrogen and oxygen atoms in total. The number of hydrogen-bond donors (Lipinski definition) is 3. The van der Waals surface area contributed by atoms with Gasteiger partial charge in [0.2, 0.25) is 0 Å². The van der Waals surface area contributed by atoms with E-state index in [-0.39, 0.29) is 27.4 Å². The normalized spacial score (nSPS) is 11.9. The molecule has 1 heterocycles. The zero-order valence-corrected chi connectivity index (χ0v) is 42.3. The smallest absolute Gasteiger partial charge is 0.261 e. The fourth-order valence-corrected chi connectivity index (χ4v) is 8.00. The van der Waals surface area contributed by atoms with Gasteiger partial charge < -0.3 is 10.5 Å². The van der Waals surface area contributed by atoms with Gasteiger partial charge in [-0.15, -0.1) is 0 Å². The second-order valence-corrected chi connectivity index (χ2v) is 18.4. The minimum Gasteiger partial charge on any atom is -0.388 e. The number of nitro groups is 2. The molecule has 0 bridgehead atoms. The van der Waals surface area contributed by atoms with Gasteiger partial charge in [0.25, 0.3) is 20.0 Å². The lowest BCUT2D eigenvalue weighted by atomic mass is 9.98. The molecule has 0 aliphatic carbocycles. The molecule has 1 aliphatic rings. The predicted molar refractivity (Wildman–Crippen MR) is 282 cm³/mol. The van der Waals surface area contributed by atoms with Crippen LogP contribution in [0.4, 0.5) is 11.4 Å². The molecule has 7 rings (SSSR count). The summed E-state index contributed by atoms with van der Waals surface area (Å²) in [7, 11) is -0.123. The molecule has 72 heavy (non-hydrogen) atoms. The molecule has 380 valence electrons. The van der Waals surface area contributed by atoms with Crippen molar-refractivity contribution in [1.29, 1.82) is 5.26 Å². The third kappa shape index (κ3) is 29.5. The first-order valence-corrected chi connectivity index (χ1v) is 25.2. The van der Waals surface area contributed by atoms with Gasteiger partial charge in [0, 0.05) is 66.4 Å². The van der Waals surface area contributed by atoms with Crippen LogP contribution in [-0.4, -0.2) is 79.3 Å². The van der Waals surface area contributed by atoms with E-state index in [1.807, 2.05) is 67.6 Å². The summed E-state index contributed by atoms with van der Waals surface area (Å²) in [4.78, 5) is 41.4. The second kappa shape index (κ2) is 35.5. The van der Waals surface area contributed by atoms with E-state index in [2.05, 4.69) is 9.44 Å². The first kappa shape index (κ1) is 62.5. The molecule has 0 saturated carbocycles. The van der Waals surface area contributed by atoms with Crippen molar-refractivity contribution in [3.8, 4) is 6.07 Å². The number of rotatable bonds is 14. The van der Waals surface area contributed by atoms with E-state index in [1.54, 1.807) is 115 Å². The Morgan fingerprint density at radius 1 is 0.611 bits per heavy atom. The maximum Gasteiger partial charge on any atom is 0.261 e. The Kier molecular flexibility index (Phi) is 30.8. The highest BCUT2D eigenvalue weighted by Gasteiger charge is 2.15.